The van der Waals surface area contributed by atoms with Crippen LogP contribution in [0.25, 0.3) is 10.2 Å². The molecule has 1 N–H and O–H groups in total. The molecule has 0 spiro atoms. The number of anilines is 1. The second-order valence-corrected chi connectivity index (χ2v) is 8.34. The Labute approximate surface area is 166 Å². The van der Waals surface area contributed by atoms with Gasteiger partial charge in [-0.15, -0.1) is 0 Å². The van der Waals surface area contributed by atoms with E-state index < -0.39 is 0 Å². The van der Waals surface area contributed by atoms with Gasteiger partial charge in [-0.3, -0.25) is 4.79 Å². The number of hydrogen-bond acceptors (Lipinski definition) is 4. The molecule has 4 nitrogen and oxygen atoms in total. The van der Waals surface area contributed by atoms with Crippen molar-refractivity contribution < 1.29 is 9.18 Å². The van der Waals surface area contributed by atoms with Crippen molar-refractivity contribution in [2.45, 2.75) is 13.3 Å². The summed E-state index contributed by atoms with van der Waals surface area (Å²) in [6.07, 6.45) is 0.932. The van der Waals surface area contributed by atoms with Crippen LogP contribution in [0, 0.1) is 18.7 Å². The summed E-state index contributed by atoms with van der Waals surface area (Å²) < 4.78 is 14.1. The number of thiazole rings is 1. The first-order valence-corrected chi connectivity index (χ1v) is 10.0. The third kappa shape index (κ3) is 3.92. The lowest BCUT2D eigenvalue weighted by atomic mass is 10.1. The second kappa shape index (κ2) is 7.44. The number of rotatable bonds is 4. The summed E-state index contributed by atoms with van der Waals surface area (Å²) >= 11 is 7.65. The molecule has 0 saturated carbocycles. The van der Waals surface area contributed by atoms with Crippen LogP contribution in [0.2, 0.25) is 5.02 Å². The molecular weight excluding hydrogens is 385 g/mol. The van der Waals surface area contributed by atoms with E-state index in [9.17, 15) is 9.18 Å². The fourth-order valence-corrected chi connectivity index (χ4v) is 4.46. The highest BCUT2D eigenvalue weighted by Gasteiger charge is 2.28. The molecule has 27 heavy (non-hydrogen) atoms. The minimum atomic E-state index is -0.252. The summed E-state index contributed by atoms with van der Waals surface area (Å²) in [4.78, 5) is 19.1. The van der Waals surface area contributed by atoms with Crippen molar-refractivity contribution >= 4 is 44.2 Å². The van der Waals surface area contributed by atoms with E-state index in [4.69, 9.17) is 11.6 Å². The summed E-state index contributed by atoms with van der Waals surface area (Å²) in [5.41, 5.74) is 2.38. The molecule has 0 unspecified atom stereocenters. The molecule has 1 atom stereocenters. The maximum Gasteiger partial charge on any atom is 0.255 e. The third-order valence-electron chi connectivity index (χ3n) is 4.82. The third-order valence-corrected chi connectivity index (χ3v) is 6.12. The van der Waals surface area contributed by atoms with E-state index in [1.165, 1.54) is 23.5 Å². The average Bonchev–Trinajstić information content (AvgIpc) is 3.27. The van der Waals surface area contributed by atoms with Crippen LogP contribution in [0.15, 0.2) is 36.4 Å². The molecule has 1 fully saturated rings. The van der Waals surface area contributed by atoms with Crippen LogP contribution in [-0.4, -0.2) is 35.4 Å². The number of likely N-dealkylation sites (tertiary alicyclic amines) is 1. The van der Waals surface area contributed by atoms with Crippen LogP contribution >= 0.6 is 22.9 Å². The number of amides is 1. The highest BCUT2D eigenvalue weighted by atomic mass is 35.5. The van der Waals surface area contributed by atoms with E-state index >= 15 is 0 Å². The zero-order valence-corrected chi connectivity index (χ0v) is 16.4. The predicted molar refractivity (Wildman–Crippen MR) is 108 cm³/mol. The zero-order chi connectivity index (χ0) is 19.0. The molecule has 1 amide bonds. The van der Waals surface area contributed by atoms with Gasteiger partial charge in [-0.2, -0.15) is 0 Å². The van der Waals surface area contributed by atoms with Gasteiger partial charge in [-0.05, 0) is 49.6 Å². The van der Waals surface area contributed by atoms with Gasteiger partial charge in [0.05, 0.1) is 20.8 Å². The molecule has 1 aliphatic heterocycles. The van der Waals surface area contributed by atoms with Crippen LogP contribution < -0.4 is 5.32 Å². The highest BCUT2D eigenvalue weighted by molar-refractivity contribution is 7.22. The Morgan fingerprint density at radius 1 is 1.37 bits per heavy atom. The maximum atomic E-state index is 13.3. The molecule has 4 rings (SSSR count). The summed E-state index contributed by atoms with van der Waals surface area (Å²) in [5.74, 6) is 0.0837. The quantitative estimate of drug-likeness (QED) is 0.668. The van der Waals surface area contributed by atoms with E-state index in [0.717, 1.165) is 40.4 Å². The number of fused-ring (bicyclic) bond motifs is 1. The van der Waals surface area contributed by atoms with E-state index in [0.29, 0.717) is 23.0 Å². The monoisotopic (exact) mass is 403 g/mol. The van der Waals surface area contributed by atoms with Gasteiger partial charge in [-0.1, -0.05) is 34.6 Å². The summed E-state index contributed by atoms with van der Waals surface area (Å²) in [6.45, 7) is 4.09. The molecule has 0 bridgehead atoms. The van der Waals surface area contributed by atoms with Gasteiger partial charge >= 0.3 is 0 Å². The molecule has 3 aromatic rings. The zero-order valence-electron chi connectivity index (χ0n) is 14.8. The number of nitrogens with one attached hydrogen (secondary N) is 1. The Morgan fingerprint density at radius 2 is 2.22 bits per heavy atom. The lowest BCUT2D eigenvalue weighted by molar-refractivity contribution is 0.0788. The number of benzene rings is 2. The molecule has 140 valence electrons. The molecule has 2 aromatic carbocycles. The highest BCUT2D eigenvalue weighted by Crippen LogP contribution is 2.28. The molecular formula is C20H19ClFN3OS. The Kier molecular flexibility index (Phi) is 5.02. The lowest BCUT2D eigenvalue weighted by Gasteiger charge is -2.18. The topological polar surface area (TPSA) is 45.2 Å². The standard InChI is InChI=1S/C20H19ClFN3OS/c1-12-2-4-16(21)15(8-12)19(26)25-7-6-13(11-25)10-23-20-24-17-5-3-14(22)9-18(17)27-20/h2-5,8-9,13H,6-7,10-11H2,1H3,(H,23,24)/t13-/m0/s1. The minimum Gasteiger partial charge on any atom is -0.361 e. The SMILES string of the molecule is Cc1ccc(Cl)c(C(=O)N2CC[C@@H](CNc3nc4ccc(F)cc4s3)C2)c1. The van der Waals surface area contributed by atoms with Gasteiger partial charge in [0.1, 0.15) is 5.82 Å². The van der Waals surface area contributed by atoms with Gasteiger partial charge < -0.3 is 10.2 Å². The number of carbonyl (C=O) groups is 1. The van der Waals surface area contributed by atoms with Crippen molar-refractivity contribution in [2.75, 3.05) is 25.0 Å². The summed E-state index contributed by atoms with van der Waals surface area (Å²) in [7, 11) is 0. The van der Waals surface area contributed by atoms with Gasteiger partial charge in [0.25, 0.3) is 5.91 Å². The van der Waals surface area contributed by atoms with Crippen LogP contribution in [0.1, 0.15) is 22.3 Å². The largest absolute Gasteiger partial charge is 0.361 e. The first kappa shape index (κ1) is 18.2. The van der Waals surface area contributed by atoms with Crippen LogP contribution in [-0.2, 0) is 0 Å². The normalized spacial score (nSPS) is 16.9. The van der Waals surface area contributed by atoms with Crippen molar-refractivity contribution in [3.8, 4) is 0 Å². The Hall–Kier alpha value is -2.18. The predicted octanol–water partition coefficient (Wildman–Crippen LogP) is 4.97. The molecule has 0 aliphatic carbocycles. The van der Waals surface area contributed by atoms with Crippen molar-refractivity contribution in [1.29, 1.82) is 0 Å². The van der Waals surface area contributed by atoms with Crippen molar-refractivity contribution in [2.24, 2.45) is 5.92 Å². The molecule has 1 saturated heterocycles. The number of aromatic nitrogens is 1. The Balaban J connectivity index is 1.37. The van der Waals surface area contributed by atoms with Crippen LogP contribution in [0.3, 0.4) is 0 Å². The summed E-state index contributed by atoms with van der Waals surface area (Å²) in [5, 5.41) is 4.61. The van der Waals surface area contributed by atoms with E-state index in [1.807, 2.05) is 24.0 Å². The van der Waals surface area contributed by atoms with Crippen molar-refractivity contribution in [3.05, 3.63) is 58.4 Å². The van der Waals surface area contributed by atoms with Crippen LogP contribution in [0.4, 0.5) is 9.52 Å². The van der Waals surface area contributed by atoms with E-state index in [2.05, 4.69) is 10.3 Å². The number of nitrogens with zero attached hydrogens (tertiary/aromatic N) is 2. The van der Waals surface area contributed by atoms with Crippen molar-refractivity contribution in [3.63, 3.8) is 0 Å². The second-order valence-electron chi connectivity index (χ2n) is 6.90. The van der Waals surface area contributed by atoms with Gasteiger partial charge in [-0.25, -0.2) is 9.37 Å². The average molecular weight is 404 g/mol. The first-order chi connectivity index (χ1) is 13.0. The fraction of sp³-hybridized carbons (Fsp3) is 0.300. The number of aryl methyl sites for hydroxylation is 1. The number of hydrogen-bond donors (Lipinski definition) is 1. The van der Waals surface area contributed by atoms with Crippen molar-refractivity contribution in [1.82, 2.24) is 9.88 Å². The number of halogens is 2. The Bertz CT molecular complexity index is 1010. The van der Waals surface area contributed by atoms with E-state index in [-0.39, 0.29) is 11.7 Å². The molecule has 1 aliphatic rings. The van der Waals surface area contributed by atoms with E-state index in [1.54, 1.807) is 12.1 Å². The van der Waals surface area contributed by atoms with Gasteiger partial charge in [0.15, 0.2) is 5.13 Å². The molecule has 2 heterocycles. The molecule has 7 heteroatoms. The molecule has 1 aromatic heterocycles. The fourth-order valence-electron chi connectivity index (χ4n) is 3.36. The molecule has 0 radical (unpaired) electrons. The van der Waals surface area contributed by atoms with Gasteiger partial charge in [0, 0.05) is 19.6 Å². The lowest BCUT2D eigenvalue weighted by Crippen LogP contribution is -2.30. The van der Waals surface area contributed by atoms with Gasteiger partial charge in [0.2, 0.25) is 0 Å². The summed E-state index contributed by atoms with van der Waals surface area (Å²) in [6, 6.07) is 10.1. The Morgan fingerprint density at radius 3 is 3.07 bits per heavy atom. The maximum absolute atomic E-state index is 13.3. The number of carbonyl (C=O) groups excluding carboxylic acids is 1. The smallest absolute Gasteiger partial charge is 0.255 e. The van der Waals surface area contributed by atoms with Crippen LogP contribution in [0.5, 0.6) is 0 Å². The first-order valence-electron chi connectivity index (χ1n) is 8.85. The minimum absolute atomic E-state index is 0.0123.